The molecule has 3 aromatic heterocycles. The van der Waals surface area contributed by atoms with Gasteiger partial charge in [0.1, 0.15) is 11.2 Å². The van der Waals surface area contributed by atoms with Gasteiger partial charge in [-0.05, 0) is 209 Å². The summed E-state index contributed by atoms with van der Waals surface area (Å²) in [7, 11) is 0. The molecule has 0 saturated heterocycles. The van der Waals surface area contributed by atoms with Crippen LogP contribution in [0.5, 0.6) is 0 Å². The van der Waals surface area contributed by atoms with Crippen LogP contribution < -0.4 is 15.7 Å². The smallest absolute Gasteiger partial charge is 0.333 e. The fourth-order valence-electron chi connectivity index (χ4n) is 19.0. The molecule has 6 saturated carbocycles. The zero-order chi connectivity index (χ0) is 50.0. The van der Waals surface area contributed by atoms with E-state index in [2.05, 4.69) is 180 Å². The summed E-state index contributed by atoms with van der Waals surface area (Å²) in [4.78, 5) is 2.77. The number of fused-ring (bicyclic) bond motifs is 17. The molecule has 8 aliphatic rings. The van der Waals surface area contributed by atoms with E-state index in [1.807, 2.05) is 11.3 Å². The molecule has 372 valence electrons. The SMILES string of the molecule is CCC1(c2ccc3c(c2)c2cc(C45CC6CC(CC(C6)C4)C5)cc4c2n3-c2cc3c(sc5ccccc53)c3c2B4N(c2ccc(-c4ccccc4)cc2)c2cc4oc5cc6ccccc6cc5c4cc2-3)CC2CCC(C2)C1. The molecule has 9 aromatic carbocycles. The van der Waals surface area contributed by atoms with Crippen molar-refractivity contribution in [1.29, 1.82) is 0 Å². The minimum atomic E-state index is -0.0855. The summed E-state index contributed by atoms with van der Waals surface area (Å²) in [6.45, 7) is 2.42. The van der Waals surface area contributed by atoms with Crippen LogP contribution in [0.2, 0.25) is 0 Å². The number of aromatic nitrogens is 1. The van der Waals surface area contributed by atoms with E-state index in [-0.39, 0.29) is 17.7 Å². The van der Waals surface area contributed by atoms with Crippen molar-refractivity contribution >= 4 is 115 Å². The number of hydrogen-bond acceptors (Lipinski definition) is 3. The van der Waals surface area contributed by atoms with Crippen molar-refractivity contribution < 1.29 is 4.42 Å². The van der Waals surface area contributed by atoms with E-state index in [0.29, 0.717) is 0 Å². The molecule has 2 atom stereocenters. The van der Waals surface area contributed by atoms with Gasteiger partial charge in [-0.1, -0.05) is 117 Å². The lowest BCUT2D eigenvalue weighted by atomic mass is 9.42. The molecular formula is C72H59BN2OS. The Morgan fingerprint density at radius 3 is 2.00 bits per heavy atom. The van der Waals surface area contributed by atoms with Crippen LogP contribution in [-0.2, 0) is 10.8 Å². The zero-order valence-corrected chi connectivity index (χ0v) is 44.6. The van der Waals surface area contributed by atoms with Crippen LogP contribution in [0.25, 0.3) is 103 Å². The molecule has 5 heterocycles. The Labute approximate surface area is 453 Å². The maximum atomic E-state index is 7.10. The molecule has 6 bridgehead atoms. The molecule has 2 unspecified atom stereocenters. The van der Waals surface area contributed by atoms with Gasteiger partial charge in [-0.15, -0.1) is 11.3 Å². The zero-order valence-electron chi connectivity index (χ0n) is 43.7. The molecule has 0 spiro atoms. The fraction of sp³-hybridized carbons (Fsp3) is 0.278. The van der Waals surface area contributed by atoms with E-state index in [1.54, 1.807) is 11.1 Å². The van der Waals surface area contributed by atoms with E-state index in [9.17, 15) is 0 Å². The second kappa shape index (κ2) is 15.1. The number of rotatable bonds is 5. The topological polar surface area (TPSA) is 21.3 Å². The molecule has 0 radical (unpaired) electrons. The van der Waals surface area contributed by atoms with Crippen molar-refractivity contribution in [3.05, 3.63) is 175 Å². The number of nitrogens with zero attached hydrogens (tertiary/aromatic N) is 2. The van der Waals surface area contributed by atoms with Gasteiger partial charge in [0.2, 0.25) is 0 Å². The summed E-state index contributed by atoms with van der Waals surface area (Å²) in [5.41, 5.74) is 20.2. The lowest BCUT2D eigenvalue weighted by molar-refractivity contribution is -0.00509. The lowest BCUT2D eigenvalue weighted by Crippen LogP contribution is -2.61. The molecule has 12 aromatic rings. The Morgan fingerprint density at radius 1 is 0.545 bits per heavy atom. The van der Waals surface area contributed by atoms with Gasteiger partial charge in [-0.2, -0.15) is 0 Å². The highest BCUT2D eigenvalue weighted by atomic mass is 32.1. The van der Waals surface area contributed by atoms with Crippen molar-refractivity contribution in [2.24, 2.45) is 29.6 Å². The summed E-state index contributed by atoms with van der Waals surface area (Å²) in [5.74, 6) is 4.29. The molecular weight excluding hydrogens is 952 g/mol. The van der Waals surface area contributed by atoms with Crippen LogP contribution in [-0.4, -0.2) is 11.4 Å². The molecule has 20 rings (SSSR count). The summed E-state index contributed by atoms with van der Waals surface area (Å²) < 4.78 is 12.6. The van der Waals surface area contributed by atoms with E-state index in [4.69, 9.17) is 4.42 Å². The Bertz CT molecular complexity index is 4510. The number of thiophene rings is 1. The van der Waals surface area contributed by atoms with Crippen LogP contribution in [0.1, 0.15) is 95.1 Å². The van der Waals surface area contributed by atoms with Crippen LogP contribution in [0.3, 0.4) is 0 Å². The highest BCUT2D eigenvalue weighted by molar-refractivity contribution is 7.26. The van der Waals surface area contributed by atoms with Gasteiger partial charge in [-0.25, -0.2) is 0 Å². The quantitative estimate of drug-likeness (QED) is 0.160. The van der Waals surface area contributed by atoms with E-state index >= 15 is 0 Å². The van der Waals surface area contributed by atoms with Crippen molar-refractivity contribution in [2.45, 2.75) is 94.8 Å². The minimum absolute atomic E-state index is 0.0855. The van der Waals surface area contributed by atoms with Gasteiger partial charge < -0.3 is 13.8 Å². The summed E-state index contributed by atoms with van der Waals surface area (Å²) in [5, 5.41) is 10.4. The fourth-order valence-corrected chi connectivity index (χ4v) is 20.2. The molecule has 0 N–H and O–H groups in total. The second-order valence-corrected chi connectivity index (χ2v) is 26.9. The first kappa shape index (κ1) is 43.0. The minimum Gasteiger partial charge on any atom is -0.456 e. The monoisotopic (exact) mass is 1010 g/mol. The third-order valence-corrected chi connectivity index (χ3v) is 23.0. The van der Waals surface area contributed by atoms with Crippen LogP contribution in [0.15, 0.2) is 168 Å². The molecule has 2 aliphatic heterocycles. The van der Waals surface area contributed by atoms with E-state index in [1.165, 1.54) is 191 Å². The molecule has 6 fully saturated rings. The van der Waals surface area contributed by atoms with Gasteiger partial charge in [0.25, 0.3) is 0 Å². The molecule has 3 nitrogen and oxygen atoms in total. The van der Waals surface area contributed by atoms with Gasteiger partial charge in [0.05, 0.1) is 11.0 Å². The van der Waals surface area contributed by atoms with E-state index in [0.717, 1.165) is 40.8 Å². The largest absolute Gasteiger partial charge is 0.456 e. The summed E-state index contributed by atoms with van der Waals surface area (Å²) in [6.07, 6.45) is 16.6. The van der Waals surface area contributed by atoms with Gasteiger partial charge in [0, 0.05) is 76.0 Å². The average Bonchev–Trinajstić information content (AvgIpc) is 4.43. The average molecular weight is 1010 g/mol. The number of hydrogen-bond donors (Lipinski definition) is 0. The van der Waals surface area contributed by atoms with Crippen molar-refractivity contribution in [3.8, 4) is 27.9 Å². The van der Waals surface area contributed by atoms with E-state index < -0.39 is 0 Å². The Morgan fingerprint density at radius 2 is 1.22 bits per heavy atom. The lowest BCUT2D eigenvalue weighted by Gasteiger charge is -2.57. The standard InChI is InChI=1S/C72H59BN2OS/c1-2-71(36-41-16-17-42(24-41)37-71)50-20-23-61-54(30-50)57-31-51(72-38-43-25-44(39-72)27-45(26-43)40-72)32-60-69(57)74(61)63-34-58-53-14-8-9-15-66(53)77-70(58)67-59-33-56-55-28-48-12-6-7-13-49(48)29-64(55)76-65(56)35-62(59)75(73(60)68(63)67)52-21-18-47(19-22-52)46-10-4-3-5-11-46/h3-15,18-23,28-35,41-45H,2,16-17,24-27,36-40H2,1H3. The second-order valence-electron chi connectivity index (χ2n) is 25.8. The van der Waals surface area contributed by atoms with Gasteiger partial charge in [0.15, 0.2) is 0 Å². The van der Waals surface area contributed by atoms with Crippen molar-refractivity contribution in [2.75, 3.05) is 4.81 Å². The van der Waals surface area contributed by atoms with Crippen molar-refractivity contribution in [3.63, 3.8) is 0 Å². The molecule has 6 aliphatic carbocycles. The normalized spacial score (nSPS) is 25.6. The Kier molecular flexibility index (Phi) is 8.45. The molecule has 77 heavy (non-hydrogen) atoms. The Balaban J connectivity index is 0.956. The van der Waals surface area contributed by atoms with Gasteiger partial charge in [-0.3, -0.25) is 0 Å². The molecule has 5 heteroatoms. The Hall–Kier alpha value is -7.08. The maximum Gasteiger partial charge on any atom is 0.333 e. The highest BCUT2D eigenvalue weighted by Gasteiger charge is 2.53. The summed E-state index contributed by atoms with van der Waals surface area (Å²) >= 11 is 1.99. The predicted molar refractivity (Wildman–Crippen MR) is 325 cm³/mol. The van der Waals surface area contributed by atoms with Crippen molar-refractivity contribution in [1.82, 2.24) is 4.57 Å². The number of furan rings is 1. The van der Waals surface area contributed by atoms with Crippen LogP contribution >= 0.6 is 11.3 Å². The summed E-state index contributed by atoms with van der Waals surface area (Å²) in [6, 6.07) is 64.2. The van der Waals surface area contributed by atoms with Crippen LogP contribution in [0.4, 0.5) is 11.4 Å². The number of anilines is 2. The van der Waals surface area contributed by atoms with Crippen LogP contribution in [0, 0.1) is 29.6 Å². The molecule has 0 amide bonds. The number of benzene rings is 9. The first-order valence-electron chi connectivity index (χ1n) is 29.4. The predicted octanol–water partition coefficient (Wildman–Crippen LogP) is 18.4. The maximum absolute atomic E-state index is 7.10. The highest BCUT2D eigenvalue weighted by Crippen LogP contribution is 2.62. The third-order valence-electron chi connectivity index (χ3n) is 21.8. The van der Waals surface area contributed by atoms with Gasteiger partial charge >= 0.3 is 6.85 Å². The third kappa shape index (κ3) is 5.79. The first-order valence-corrected chi connectivity index (χ1v) is 30.2. The first-order chi connectivity index (χ1) is 37.9.